The second-order valence-electron chi connectivity index (χ2n) is 7.31. The quantitative estimate of drug-likeness (QED) is 0.727. The fourth-order valence-corrected chi connectivity index (χ4v) is 3.93. The van der Waals surface area contributed by atoms with Gasteiger partial charge in [0, 0.05) is 23.2 Å². The summed E-state index contributed by atoms with van der Waals surface area (Å²) in [6.45, 7) is 3.37. The lowest BCUT2D eigenvalue weighted by Gasteiger charge is -2.21. The molecular weight excluding hydrogens is 372 g/mol. The highest BCUT2D eigenvalue weighted by molar-refractivity contribution is 6.30. The molecule has 6 heteroatoms. The molecule has 1 aromatic heterocycles. The van der Waals surface area contributed by atoms with Crippen molar-refractivity contribution in [1.29, 1.82) is 0 Å². The van der Waals surface area contributed by atoms with Gasteiger partial charge in [-0.2, -0.15) is 5.10 Å². The Kier molecular flexibility index (Phi) is 5.20. The van der Waals surface area contributed by atoms with E-state index in [4.69, 9.17) is 22.4 Å². The number of carbonyl (C=O) groups is 1. The number of carbonyl (C=O) groups excluding carboxylic acids is 1. The van der Waals surface area contributed by atoms with E-state index in [1.165, 1.54) is 0 Å². The van der Waals surface area contributed by atoms with Crippen molar-refractivity contribution in [2.24, 2.45) is 11.7 Å². The fourth-order valence-electron chi connectivity index (χ4n) is 3.80. The Hall–Kier alpha value is -2.63. The summed E-state index contributed by atoms with van der Waals surface area (Å²) in [7, 11) is 0. The molecule has 28 heavy (non-hydrogen) atoms. The first kappa shape index (κ1) is 18.7. The number of nitrogens with two attached hydrogens (primary N) is 1. The number of hydrogen-bond acceptors (Lipinski definition) is 3. The Balaban J connectivity index is 1.76. The van der Waals surface area contributed by atoms with E-state index >= 15 is 0 Å². The highest BCUT2D eigenvalue weighted by Crippen LogP contribution is 2.28. The van der Waals surface area contributed by atoms with Crippen LogP contribution in [0.5, 0.6) is 0 Å². The minimum Gasteiger partial charge on any atom is -0.334 e. The summed E-state index contributed by atoms with van der Waals surface area (Å²) in [4.78, 5) is 15.3. The lowest BCUT2D eigenvalue weighted by atomic mass is 10.1. The Morgan fingerprint density at radius 1 is 1.18 bits per heavy atom. The number of benzene rings is 2. The number of amides is 1. The van der Waals surface area contributed by atoms with E-state index in [1.54, 1.807) is 4.68 Å². The molecule has 2 atom stereocenters. The summed E-state index contributed by atoms with van der Waals surface area (Å²) >= 11 is 6.01. The third-order valence-corrected chi connectivity index (χ3v) is 5.58. The molecule has 3 aromatic rings. The van der Waals surface area contributed by atoms with E-state index in [-0.39, 0.29) is 11.9 Å². The van der Waals surface area contributed by atoms with Gasteiger partial charge in [0.25, 0.3) is 5.91 Å². The van der Waals surface area contributed by atoms with Crippen LogP contribution < -0.4 is 5.73 Å². The highest BCUT2D eigenvalue weighted by Gasteiger charge is 2.34. The number of nitrogens with zero attached hydrogens (tertiary/aromatic N) is 3. The van der Waals surface area contributed by atoms with E-state index in [0.29, 0.717) is 29.7 Å². The topological polar surface area (TPSA) is 64.2 Å². The summed E-state index contributed by atoms with van der Waals surface area (Å²) < 4.78 is 1.73. The Morgan fingerprint density at radius 3 is 2.54 bits per heavy atom. The number of hydrogen-bond donors (Lipinski definition) is 1. The molecule has 0 saturated carbocycles. The SMILES string of the molecule is CC1CC(CN)CN1C(=O)c1cc(-c2ccc(Cl)cc2)nn1-c1ccccc1. The summed E-state index contributed by atoms with van der Waals surface area (Å²) in [5.41, 5.74) is 8.92. The predicted octanol–water partition coefficient (Wildman–Crippen LogP) is 4.00. The van der Waals surface area contributed by atoms with Crippen molar-refractivity contribution in [3.63, 3.8) is 0 Å². The van der Waals surface area contributed by atoms with Crippen LogP contribution in [-0.4, -0.2) is 39.7 Å². The van der Waals surface area contributed by atoms with Gasteiger partial charge in [0.15, 0.2) is 0 Å². The standard InChI is InChI=1S/C22H23ClN4O/c1-15-11-16(13-24)14-26(15)22(28)21-12-20(17-7-9-18(23)10-8-17)25-27(21)19-5-3-2-4-6-19/h2-10,12,15-16H,11,13-14,24H2,1H3. The van der Waals surface area contributed by atoms with E-state index in [0.717, 1.165) is 23.4 Å². The lowest BCUT2D eigenvalue weighted by molar-refractivity contribution is 0.0734. The van der Waals surface area contributed by atoms with E-state index in [9.17, 15) is 4.79 Å². The largest absolute Gasteiger partial charge is 0.334 e. The zero-order valence-electron chi connectivity index (χ0n) is 15.8. The summed E-state index contributed by atoms with van der Waals surface area (Å²) in [6, 6.07) is 19.2. The van der Waals surface area contributed by atoms with Gasteiger partial charge >= 0.3 is 0 Å². The van der Waals surface area contributed by atoms with Crippen LogP contribution in [0, 0.1) is 5.92 Å². The summed E-state index contributed by atoms with van der Waals surface area (Å²) in [6.07, 6.45) is 0.936. The van der Waals surface area contributed by atoms with Crippen LogP contribution in [0.4, 0.5) is 0 Å². The third-order valence-electron chi connectivity index (χ3n) is 5.32. The van der Waals surface area contributed by atoms with Gasteiger partial charge in [-0.1, -0.05) is 41.9 Å². The molecule has 0 aliphatic carbocycles. The normalized spacial score (nSPS) is 19.2. The van der Waals surface area contributed by atoms with Crippen molar-refractivity contribution in [2.45, 2.75) is 19.4 Å². The molecule has 2 heterocycles. The zero-order valence-corrected chi connectivity index (χ0v) is 16.5. The monoisotopic (exact) mass is 394 g/mol. The number of para-hydroxylation sites is 1. The van der Waals surface area contributed by atoms with E-state index < -0.39 is 0 Å². The van der Waals surface area contributed by atoms with Crippen LogP contribution in [0.1, 0.15) is 23.8 Å². The maximum absolute atomic E-state index is 13.4. The lowest BCUT2D eigenvalue weighted by Crippen LogP contribution is -2.35. The van der Waals surface area contributed by atoms with Gasteiger partial charge in [-0.15, -0.1) is 0 Å². The van der Waals surface area contributed by atoms with Crippen LogP contribution in [0.2, 0.25) is 5.02 Å². The van der Waals surface area contributed by atoms with Gasteiger partial charge in [0.05, 0.1) is 11.4 Å². The van der Waals surface area contributed by atoms with Crippen LogP contribution in [0.3, 0.4) is 0 Å². The summed E-state index contributed by atoms with van der Waals surface area (Å²) in [5, 5.41) is 5.41. The molecule has 0 radical (unpaired) electrons. The molecule has 1 saturated heterocycles. The molecule has 2 unspecified atom stereocenters. The van der Waals surface area contributed by atoms with E-state index in [2.05, 4.69) is 6.92 Å². The highest BCUT2D eigenvalue weighted by atomic mass is 35.5. The van der Waals surface area contributed by atoms with Crippen molar-refractivity contribution in [3.05, 3.63) is 71.4 Å². The number of halogens is 1. The number of aromatic nitrogens is 2. The van der Waals surface area contributed by atoms with Crippen LogP contribution in [0.25, 0.3) is 16.9 Å². The Morgan fingerprint density at radius 2 is 1.89 bits per heavy atom. The van der Waals surface area contributed by atoms with Crippen molar-refractivity contribution >= 4 is 17.5 Å². The van der Waals surface area contributed by atoms with E-state index in [1.807, 2.05) is 65.6 Å². The zero-order chi connectivity index (χ0) is 19.7. The Labute approximate surface area is 169 Å². The van der Waals surface area contributed by atoms with Crippen LogP contribution >= 0.6 is 11.6 Å². The van der Waals surface area contributed by atoms with Crippen LogP contribution in [0.15, 0.2) is 60.7 Å². The molecule has 144 valence electrons. The molecule has 5 nitrogen and oxygen atoms in total. The van der Waals surface area contributed by atoms with Crippen molar-refractivity contribution < 1.29 is 4.79 Å². The van der Waals surface area contributed by atoms with Crippen molar-refractivity contribution in [3.8, 4) is 16.9 Å². The second kappa shape index (κ2) is 7.78. The molecule has 1 amide bonds. The van der Waals surface area contributed by atoms with Crippen molar-refractivity contribution in [2.75, 3.05) is 13.1 Å². The number of likely N-dealkylation sites (tertiary alicyclic amines) is 1. The third kappa shape index (κ3) is 3.55. The molecule has 0 spiro atoms. The van der Waals surface area contributed by atoms with Gasteiger partial charge in [0.2, 0.25) is 0 Å². The molecule has 1 aliphatic heterocycles. The average Bonchev–Trinajstić information content (AvgIpc) is 3.33. The first-order valence-corrected chi connectivity index (χ1v) is 9.87. The van der Waals surface area contributed by atoms with Gasteiger partial charge in [-0.25, -0.2) is 4.68 Å². The van der Waals surface area contributed by atoms with Gasteiger partial charge < -0.3 is 10.6 Å². The molecule has 0 bridgehead atoms. The maximum Gasteiger partial charge on any atom is 0.272 e. The first-order valence-electron chi connectivity index (χ1n) is 9.49. The smallest absolute Gasteiger partial charge is 0.272 e. The van der Waals surface area contributed by atoms with Gasteiger partial charge in [-0.3, -0.25) is 4.79 Å². The van der Waals surface area contributed by atoms with Crippen LogP contribution in [-0.2, 0) is 0 Å². The second-order valence-corrected chi connectivity index (χ2v) is 7.75. The molecule has 1 aliphatic rings. The summed E-state index contributed by atoms with van der Waals surface area (Å²) in [5.74, 6) is 0.336. The molecule has 1 fully saturated rings. The minimum atomic E-state index is -0.0139. The molecule has 2 aromatic carbocycles. The van der Waals surface area contributed by atoms with Gasteiger partial charge in [-0.05, 0) is 56.1 Å². The van der Waals surface area contributed by atoms with Gasteiger partial charge in [0.1, 0.15) is 5.69 Å². The average molecular weight is 395 g/mol. The minimum absolute atomic E-state index is 0.0139. The first-order chi connectivity index (χ1) is 13.6. The molecular formula is C22H23ClN4O. The fraction of sp³-hybridized carbons (Fsp3) is 0.273. The van der Waals surface area contributed by atoms with Crippen molar-refractivity contribution in [1.82, 2.24) is 14.7 Å². The predicted molar refractivity (Wildman–Crippen MR) is 112 cm³/mol. The Bertz CT molecular complexity index is 968. The molecule has 2 N–H and O–H groups in total. The maximum atomic E-state index is 13.4. The number of rotatable bonds is 4. The molecule has 4 rings (SSSR count).